The maximum absolute atomic E-state index is 12.0. The van der Waals surface area contributed by atoms with Crippen LogP contribution in [0.3, 0.4) is 0 Å². The number of ether oxygens (including phenoxy) is 3. The first kappa shape index (κ1) is 10.8. The fourth-order valence-corrected chi connectivity index (χ4v) is 3.40. The molecule has 0 unspecified atom stereocenters. The molecule has 1 aliphatic heterocycles. The van der Waals surface area contributed by atoms with Gasteiger partial charge in [-0.3, -0.25) is 4.79 Å². The van der Waals surface area contributed by atoms with Gasteiger partial charge in [-0.1, -0.05) is 0 Å². The minimum Gasteiger partial charge on any atom is -0.497 e. The Bertz CT molecular complexity index is 427. The standard InChI is InChI=1S/C12H14O5/c1-15-9-4-8(13)7-3-6-5-17-12(9,10(6)7)11(14)16-2/h4,6-7,10H,3,5H2,1-2H3/t6-,7+,10+,12-/m1/s1. The lowest BCUT2D eigenvalue weighted by atomic mass is 9.55. The maximum Gasteiger partial charge on any atom is 0.346 e. The molecule has 3 rings (SSSR count). The van der Waals surface area contributed by atoms with E-state index < -0.39 is 11.6 Å². The largest absolute Gasteiger partial charge is 0.497 e. The van der Waals surface area contributed by atoms with Crippen LogP contribution in [-0.2, 0) is 23.8 Å². The van der Waals surface area contributed by atoms with Crippen molar-refractivity contribution in [3.8, 4) is 0 Å². The molecular formula is C12H14O5. The quantitative estimate of drug-likeness (QED) is 0.647. The summed E-state index contributed by atoms with van der Waals surface area (Å²) in [6.45, 7) is 0.490. The van der Waals surface area contributed by atoms with Crippen LogP contribution in [0.2, 0.25) is 0 Å². The summed E-state index contributed by atoms with van der Waals surface area (Å²) in [4.78, 5) is 23.9. The molecule has 92 valence electrons. The first-order valence-electron chi connectivity index (χ1n) is 5.67. The topological polar surface area (TPSA) is 61.8 Å². The number of methoxy groups -OCH3 is 2. The Labute approximate surface area is 98.7 Å². The van der Waals surface area contributed by atoms with Gasteiger partial charge < -0.3 is 14.2 Å². The van der Waals surface area contributed by atoms with Gasteiger partial charge in [0, 0.05) is 17.9 Å². The summed E-state index contributed by atoms with van der Waals surface area (Å²) >= 11 is 0. The fourth-order valence-electron chi connectivity index (χ4n) is 3.40. The van der Waals surface area contributed by atoms with Gasteiger partial charge in [0.05, 0.1) is 20.8 Å². The van der Waals surface area contributed by atoms with Gasteiger partial charge >= 0.3 is 5.97 Å². The Morgan fingerprint density at radius 2 is 2.29 bits per heavy atom. The van der Waals surface area contributed by atoms with E-state index in [1.165, 1.54) is 20.3 Å². The highest BCUT2D eigenvalue weighted by Gasteiger charge is 2.69. The van der Waals surface area contributed by atoms with Crippen molar-refractivity contribution >= 4 is 11.8 Å². The maximum atomic E-state index is 12.0. The van der Waals surface area contributed by atoms with Crippen molar-refractivity contribution in [2.75, 3.05) is 20.8 Å². The molecule has 2 fully saturated rings. The number of carbonyl (C=O) groups excluding carboxylic acids is 2. The Morgan fingerprint density at radius 3 is 2.94 bits per heavy atom. The molecular weight excluding hydrogens is 224 g/mol. The molecule has 0 spiro atoms. The van der Waals surface area contributed by atoms with Gasteiger partial charge in [0.15, 0.2) is 5.78 Å². The highest BCUT2D eigenvalue weighted by molar-refractivity contribution is 5.99. The monoisotopic (exact) mass is 238 g/mol. The fraction of sp³-hybridized carbons (Fsp3) is 0.667. The second-order valence-electron chi connectivity index (χ2n) is 4.78. The van der Waals surface area contributed by atoms with Crippen molar-refractivity contribution in [3.05, 3.63) is 11.8 Å². The van der Waals surface area contributed by atoms with Crippen LogP contribution in [0.4, 0.5) is 0 Å². The van der Waals surface area contributed by atoms with Gasteiger partial charge in [0.2, 0.25) is 5.60 Å². The highest BCUT2D eigenvalue weighted by Crippen LogP contribution is 2.59. The molecule has 5 nitrogen and oxygen atoms in total. The van der Waals surface area contributed by atoms with Crippen LogP contribution in [0.15, 0.2) is 11.8 Å². The van der Waals surface area contributed by atoms with E-state index in [0.717, 1.165) is 6.42 Å². The lowest BCUT2D eigenvalue weighted by Gasteiger charge is -2.47. The summed E-state index contributed by atoms with van der Waals surface area (Å²) in [6, 6.07) is 0. The van der Waals surface area contributed by atoms with Crippen molar-refractivity contribution in [3.63, 3.8) is 0 Å². The molecule has 0 amide bonds. The molecule has 17 heavy (non-hydrogen) atoms. The Balaban J connectivity index is 2.12. The van der Waals surface area contributed by atoms with E-state index in [9.17, 15) is 9.59 Å². The van der Waals surface area contributed by atoms with Gasteiger partial charge in [0.25, 0.3) is 0 Å². The van der Waals surface area contributed by atoms with Crippen LogP contribution in [0.1, 0.15) is 6.42 Å². The SMILES string of the molecule is COC(=O)[C@@]12OC[C@H]3C[C@@H](C(=O)C=C1OC)[C@H]32. The number of esters is 1. The van der Waals surface area contributed by atoms with Crippen molar-refractivity contribution in [1.29, 1.82) is 0 Å². The molecule has 0 aromatic heterocycles. The van der Waals surface area contributed by atoms with Crippen molar-refractivity contribution in [1.82, 2.24) is 0 Å². The molecule has 2 aliphatic carbocycles. The number of ketones is 1. The second kappa shape index (κ2) is 3.32. The predicted octanol–water partition coefficient (Wildman–Crippen LogP) is 0.294. The Hall–Kier alpha value is -1.36. The van der Waals surface area contributed by atoms with Gasteiger partial charge in [-0.15, -0.1) is 0 Å². The molecule has 4 atom stereocenters. The van der Waals surface area contributed by atoms with Crippen molar-refractivity contribution in [2.24, 2.45) is 17.8 Å². The third-order valence-electron chi connectivity index (χ3n) is 4.21. The summed E-state index contributed by atoms with van der Waals surface area (Å²) in [5.41, 5.74) is -1.18. The lowest BCUT2D eigenvalue weighted by Crippen LogP contribution is -2.59. The zero-order valence-electron chi connectivity index (χ0n) is 9.76. The van der Waals surface area contributed by atoms with E-state index in [1.807, 2.05) is 0 Å². The minimum atomic E-state index is -1.18. The van der Waals surface area contributed by atoms with Crippen LogP contribution in [0.5, 0.6) is 0 Å². The third kappa shape index (κ3) is 1.08. The van der Waals surface area contributed by atoms with E-state index in [2.05, 4.69) is 0 Å². The summed E-state index contributed by atoms with van der Waals surface area (Å²) in [5.74, 6) is -0.0916. The Morgan fingerprint density at radius 1 is 1.53 bits per heavy atom. The number of hydrogen-bond acceptors (Lipinski definition) is 5. The second-order valence-corrected chi connectivity index (χ2v) is 4.78. The van der Waals surface area contributed by atoms with Gasteiger partial charge in [0.1, 0.15) is 5.76 Å². The number of rotatable bonds is 2. The number of hydrogen-bond donors (Lipinski definition) is 0. The Kier molecular flexibility index (Phi) is 2.10. The van der Waals surface area contributed by atoms with E-state index in [1.54, 1.807) is 0 Å². The van der Waals surface area contributed by atoms with Crippen LogP contribution in [0, 0.1) is 17.8 Å². The van der Waals surface area contributed by atoms with Crippen LogP contribution in [-0.4, -0.2) is 38.2 Å². The zero-order chi connectivity index (χ0) is 12.2. The van der Waals surface area contributed by atoms with Gasteiger partial charge in [-0.05, 0) is 12.3 Å². The van der Waals surface area contributed by atoms with E-state index in [0.29, 0.717) is 6.61 Å². The summed E-state index contributed by atoms with van der Waals surface area (Å²) in [6.07, 6.45) is 2.19. The number of carbonyl (C=O) groups is 2. The highest BCUT2D eigenvalue weighted by atomic mass is 16.6. The van der Waals surface area contributed by atoms with Gasteiger partial charge in [-0.25, -0.2) is 4.79 Å². The molecule has 0 N–H and O–H groups in total. The van der Waals surface area contributed by atoms with E-state index in [-0.39, 0.29) is 29.3 Å². The summed E-state index contributed by atoms with van der Waals surface area (Å²) in [5, 5.41) is 0. The van der Waals surface area contributed by atoms with Crippen LogP contribution in [0.25, 0.3) is 0 Å². The molecule has 0 bridgehead atoms. The first-order chi connectivity index (χ1) is 8.15. The predicted molar refractivity (Wildman–Crippen MR) is 55.9 cm³/mol. The van der Waals surface area contributed by atoms with Gasteiger partial charge in [-0.2, -0.15) is 0 Å². The molecule has 1 saturated heterocycles. The lowest BCUT2D eigenvalue weighted by molar-refractivity contribution is -0.173. The first-order valence-corrected chi connectivity index (χ1v) is 5.67. The molecule has 0 aromatic rings. The van der Waals surface area contributed by atoms with Crippen LogP contribution >= 0.6 is 0 Å². The minimum absolute atomic E-state index is 0.0353. The number of allylic oxidation sites excluding steroid dienone is 1. The summed E-state index contributed by atoms with van der Waals surface area (Å²) < 4.78 is 15.7. The molecule has 0 radical (unpaired) electrons. The molecule has 5 heteroatoms. The molecule has 1 heterocycles. The molecule has 0 aromatic carbocycles. The zero-order valence-corrected chi connectivity index (χ0v) is 9.76. The van der Waals surface area contributed by atoms with E-state index >= 15 is 0 Å². The molecule has 3 aliphatic rings. The third-order valence-corrected chi connectivity index (χ3v) is 4.21. The average Bonchev–Trinajstić information content (AvgIpc) is 2.62. The summed E-state index contributed by atoms with van der Waals surface area (Å²) in [7, 11) is 2.77. The molecule has 1 saturated carbocycles. The van der Waals surface area contributed by atoms with E-state index in [4.69, 9.17) is 14.2 Å². The normalized spacial score (nSPS) is 42.4. The average molecular weight is 238 g/mol. The van der Waals surface area contributed by atoms with Crippen LogP contribution < -0.4 is 0 Å². The van der Waals surface area contributed by atoms with Crippen molar-refractivity contribution < 1.29 is 23.8 Å². The van der Waals surface area contributed by atoms with Crippen molar-refractivity contribution in [2.45, 2.75) is 12.0 Å². The smallest absolute Gasteiger partial charge is 0.346 e.